The molecule has 0 bridgehead atoms. The first kappa shape index (κ1) is 12.5. The Labute approximate surface area is 99.7 Å². The Kier molecular flexibility index (Phi) is 3.28. The molecule has 0 aliphatic heterocycles. The van der Waals surface area contributed by atoms with E-state index < -0.39 is 18.8 Å². The summed E-state index contributed by atoms with van der Waals surface area (Å²) in [5.74, 6) is -0.0583. The lowest BCUT2D eigenvalue weighted by Crippen LogP contribution is -2.35. The highest BCUT2D eigenvalue weighted by atomic mass is 19.4. The SMILES string of the molecule is OC(CNc1nnc2ccccc2n1)C(F)(F)F. The molecule has 1 aromatic heterocycles. The molecular formula is C10H9F3N4O. The number of nitrogens with zero attached hydrogens (tertiary/aromatic N) is 3. The number of aromatic nitrogens is 3. The fourth-order valence-electron chi connectivity index (χ4n) is 1.26. The van der Waals surface area contributed by atoms with Crippen molar-refractivity contribution in [2.24, 2.45) is 0 Å². The van der Waals surface area contributed by atoms with Gasteiger partial charge in [-0.15, -0.1) is 10.2 Å². The largest absolute Gasteiger partial charge is 0.416 e. The molecule has 1 unspecified atom stereocenters. The standard InChI is InChI=1S/C10H9F3N4O/c11-10(12,13)8(18)5-14-9-15-6-3-1-2-4-7(6)16-17-9/h1-4,8,18H,5H2,(H,14,15,17). The van der Waals surface area contributed by atoms with Gasteiger partial charge in [0, 0.05) is 0 Å². The third-order valence-corrected chi connectivity index (χ3v) is 2.19. The van der Waals surface area contributed by atoms with Gasteiger partial charge in [0.05, 0.1) is 12.1 Å². The zero-order chi connectivity index (χ0) is 13.2. The van der Waals surface area contributed by atoms with E-state index in [2.05, 4.69) is 20.5 Å². The van der Waals surface area contributed by atoms with E-state index >= 15 is 0 Å². The van der Waals surface area contributed by atoms with Crippen LogP contribution in [0.2, 0.25) is 0 Å². The average molecular weight is 258 g/mol. The number of rotatable bonds is 3. The van der Waals surface area contributed by atoms with Crippen molar-refractivity contribution in [3.63, 3.8) is 0 Å². The molecule has 2 N–H and O–H groups in total. The molecule has 0 spiro atoms. The second-order valence-electron chi connectivity index (χ2n) is 3.56. The number of halogens is 3. The molecule has 18 heavy (non-hydrogen) atoms. The summed E-state index contributed by atoms with van der Waals surface area (Å²) in [7, 11) is 0. The van der Waals surface area contributed by atoms with Gasteiger partial charge in [-0.3, -0.25) is 0 Å². The highest BCUT2D eigenvalue weighted by molar-refractivity contribution is 5.73. The molecule has 2 rings (SSSR count). The van der Waals surface area contributed by atoms with Crippen molar-refractivity contribution < 1.29 is 18.3 Å². The van der Waals surface area contributed by atoms with E-state index in [1.807, 2.05) is 0 Å². The smallest absolute Gasteiger partial charge is 0.382 e. The number of benzene rings is 1. The molecule has 1 heterocycles. The van der Waals surface area contributed by atoms with Crippen LogP contribution in [-0.4, -0.2) is 39.1 Å². The summed E-state index contributed by atoms with van der Waals surface area (Å²) in [6.45, 7) is -0.719. The third kappa shape index (κ3) is 2.83. The quantitative estimate of drug-likeness (QED) is 0.869. The summed E-state index contributed by atoms with van der Waals surface area (Å²) < 4.78 is 36.2. The monoisotopic (exact) mass is 258 g/mol. The van der Waals surface area contributed by atoms with E-state index in [0.29, 0.717) is 11.0 Å². The predicted octanol–water partition coefficient (Wildman–Crippen LogP) is 1.36. The molecule has 0 saturated carbocycles. The van der Waals surface area contributed by atoms with E-state index in [1.165, 1.54) is 0 Å². The van der Waals surface area contributed by atoms with Crippen LogP contribution in [-0.2, 0) is 0 Å². The first-order valence-corrected chi connectivity index (χ1v) is 5.05. The fraction of sp³-hybridized carbons (Fsp3) is 0.300. The normalized spacial score (nSPS) is 13.6. The van der Waals surface area contributed by atoms with Crippen LogP contribution in [0.15, 0.2) is 24.3 Å². The first-order valence-electron chi connectivity index (χ1n) is 5.05. The lowest BCUT2D eigenvalue weighted by molar-refractivity contribution is -0.198. The highest BCUT2D eigenvalue weighted by Gasteiger charge is 2.37. The summed E-state index contributed by atoms with van der Waals surface area (Å²) in [5.41, 5.74) is 1.05. The van der Waals surface area contributed by atoms with Gasteiger partial charge < -0.3 is 10.4 Å². The minimum atomic E-state index is -4.67. The van der Waals surface area contributed by atoms with E-state index in [9.17, 15) is 13.2 Å². The lowest BCUT2D eigenvalue weighted by Gasteiger charge is -2.14. The number of hydrogen-bond acceptors (Lipinski definition) is 5. The molecule has 0 aliphatic rings. The van der Waals surface area contributed by atoms with Gasteiger partial charge >= 0.3 is 6.18 Å². The summed E-state index contributed by atoms with van der Waals surface area (Å²) in [6, 6.07) is 6.82. The maximum atomic E-state index is 12.1. The van der Waals surface area contributed by atoms with Crippen LogP contribution in [0.3, 0.4) is 0 Å². The molecule has 0 aliphatic carbocycles. The van der Waals surface area contributed by atoms with Crippen LogP contribution in [0.5, 0.6) is 0 Å². The van der Waals surface area contributed by atoms with E-state index in [4.69, 9.17) is 5.11 Å². The maximum absolute atomic E-state index is 12.1. The van der Waals surface area contributed by atoms with Crippen molar-refractivity contribution in [3.8, 4) is 0 Å². The number of para-hydroxylation sites is 1. The molecule has 2 aromatic rings. The third-order valence-electron chi connectivity index (χ3n) is 2.19. The Morgan fingerprint density at radius 2 is 1.83 bits per heavy atom. The molecule has 1 aromatic carbocycles. The van der Waals surface area contributed by atoms with Crippen molar-refractivity contribution in [2.75, 3.05) is 11.9 Å². The average Bonchev–Trinajstić information content (AvgIpc) is 2.34. The summed E-state index contributed by atoms with van der Waals surface area (Å²) >= 11 is 0. The molecule has 0 saturated heterocycles. The van der Waals surface area contributed by atoms with E-state index in [1.54, 1.807) is 24.3 Å². The Morgan fingerprint density at radius 3 is 2.50 bits per heavy atom. The van der Waals surface area contributed by atoms with Crippen molar-refractivity contribution in [1.82, 2.24) is 15.2 Å². The number of aliphatic hydroxyl groups is 1. The van der Waals surface area contributed by atoms with Gasteiger partial charge in [-0.2, -0.15) is 13.2 Å². The fourth-order valence-corrected chi connectivity index (χ4v) is 1.26. The van der Waals surface area contributed by atoms with Gasteiger partial charge in [0.15, 0.2) is 6.10 Å². The Balaban J connectivity index is 2.08. The zero-order valence-corrected chi connectivity index (χ0v) is 9.02. The minimum Gasteiger partial charge on any atom is -0.382 e. The summed E-state index contributed by atoms with van der Waals surface area (Å²) in [4.78, 5) is 3.97. The molecule has 8 heteroatoms. The van der Waals surface area contributed by atoms with Gasteiger partial charge in [-0.1, -0.05) is 12.1 Å². The van der Waals surface area contributed by atoms with Crippen molar-refractivity contribution >= 4 is 17.0 Å². The van der Waals surface area contributed by atoms with Crippen LogP contribution in [0.4, 0.5) is 19.1 Å². The number of anilines is 1. The highest BCUT2D eigenvalue weighted by Crippen LogP contribution is 2.20. The lowest BCUT2D eigenvalue weighted by atomic mass is 10.3. The molecular weight excluding hydrogens is 249 g/mol. The predicted molar refractivity (Wildman–Crippen MR) is 57.9 cm³/mol. The molecule has 5 nitrogen and oxygen atoms in total. The number of alkyl halides is 3. The number of hydrogen-bond donors (Lipinski definition) is 2. The molecule has 96 valence electrons. The van der Waals surface area contributed by atoms with Crippen LogP contribution in [0.1, 0.15) is 0 Å². The first-order chi connectivity index (χ1) is 8.47. The maximum Gasteiger partial charge on any atom is 0.416 e. The second kappa shape index (κ2) is 4.73. The Bertz CT molecular complexity index is 546. The number of nitrogens with one attached hydrogen (secondary N) is 1. The van der Waals surface area contributed by atoms with Gasteiger partial charge in [0.25, 0.3) is 0 Å². The summed E-state index contributed by atoms with van der Waals surface area (Å²) in [5, 5.41) is 18.5. The zero-order valence-electron chi connectivity index (χ0n) is 9.02. The van der Waals surface area contributed by atoms with Crippen LogP contribution in [0, 0.1) is 0 Å². The number of aliphatic hydroxyl groups excluding tert-OH is 1. The van der Waals surface area contributed by atoms with Gasteiger partial charge in [-0.05, 0) is 12.1 Å². The van der Waals surface area contributed by atoms with Crippen molar-refractivity contribution in [3.05, 3.63) is 24.3 Å². The van der Waals surface area contributed by atoms with Crippen molar-refractivity contribution in [2.45, 2.75) is 12.3 Å². The topological polar surface area (TPSA) is 70.9 Å². The Morgan fingerprint density at radius 1 is 1.17 bits per heavy atom. The second-order valence-corrected chi connectivity index (χ2v) is 3.56. The van der Waals surface area contributed by atoms with E-state index in [0.717, 1.165) is 0 Å². The molecule has 0 amide bonds. The molecule has 0 radical (unpaired) electrons. The molecule has 0 fully saturated rings. The number of fused-ring (bicyclic) bond motifs is 1. The van der Waals surface area contributed by atoms with Gasteiger partial charge in [0.1, 0.15) is 5.52 Å². The van der Waals surface area contributed by atoms with Crippen LogP contribution < -0.4 is 5.32 Å². The summed E-state index contributed by atoms with van der Waals surface area (Å²) in [6.07, 6.45) is -7.13. The van der Waals surface area contributed by atoms with E-state index in [-0.39, 0.29) is 5.95 Å². The van der Waals surface area contributed by atoms with Gasteiger partial charge in [0.2, 0.25) is 5.95 Å². The van der Waals surface area contributed by atoms with Crippen LogP contribution >= 0.6 is 0 Å². The minimum absolute atomic E-state index is 0.0583. The van der Waals surface area contributed by atoms with Gasteiger partial charge in [-0.25, -0.2) is 4.98 Å². The van der Waals surface area contributed by atoms with Crippen molar-refractivity contribution in [1.29, 1.82) is 0 Å². The Hall–Kier alpha value is -1.96. The van der Waals surface area contributed by atoms with Crippen LogP contribution in [0.25, 0.3) is 11.0 Å². The molecule has 1 atom stereocenters.